The van der Waals surface area contributed by atoms with E-state index in [9.17, 15) is 35.9 Å². The summed E-state index contributed by atoms with van der Waals surface area (Å²) in [6.45, 7) is 0.726. The first kappa shape index (κ1) is 21.2. The highest BCUT2D eigenvalue weighted by atomic mass is 19.4. The Morgan fingerprint density at radius 3 is 1.87 bits per heavy atom. The van der Waals surface area contributed by atoms with Crippen molar-refractivity contribution >= 4 is 11.8 Å². The number of nitrogens with zero attached hydrogens (tertiary/aromatic N) is 1. The van der Waals surface area contributed by atoms with Gasteiger partial charge in [-0.15, -0.1) is 0 Å². The van der Waals surface area contributed by atoms with Gasteiger partial charge in [0.15, 0.2) is 0 Å². The Kier molecular flexibility index (Phi) is 4.79. The number of amides is 2. The fraction of sp³-hybridized carbons (Fsp3) is 0.333. The summed E-state index contributed by atoms with van der Waals surface area (Å²) in [5, 5.41) is 2.85. The lowest BCUT2D eigenvalue weighted by Crippen LogP contribution is -2.68. The van der Waals surface area contributed by atoms with Gasteiger partial charge in [-0.1, -0.05) is 12.1 Å². The SMILES string of the molecule is O=C1CCC2(CN(C(=O)c3ccc(-c4cc(C(F)(F)F)cc(C(F)(F)F)c4)cc3)C2)N1. The Balaban J connectivity index is 1.56. The van der Waals surface area contributed by atoms with Crippen LogP contribution in [0.25, 0.3) is 11.1 Å². The topological polar surface area (TPSA) is 49.4 Å². The maximum Gasteiger partial charge on any atom is 0.416 e. The van der Waals surface area contributed by atoms with E-state index in [0.29, 0.717) is 38.1 Å². The molecule has 10 heteroatoms. The number of hydrogen-bond acceptors (Lipinski definition) is 2. The third-order valence-corrected chi connectivity index (χ3v) is 5.56. The third kappa shape index (κ3) is 4.11. The average Bonchev–Trinajstić information content (AvgIpc) is 3.07. The zero-order valence-corrected chi connectivity index (χ0v) is 15.9. The molecule has 0 bridgehead atoms. The van der Waals surface area contributed by atoms with E-state index in [1.165, 1.54) is 29.2 Å². The third-order valence-electron chi connectivity index (χ3n) is 5.56. The molecule has 2 aromatic carbocycles. The normalized spacial score (nSPS) is 18.1. The molecule has 0 atom stereocenters. The molecule has 2 aliphatic heterocycles. The van der Waals surface area contributed by atoms with Crippen LogP contribution >= 0.6 is 0 Å². The molecule has 1 N–H and O–H groups in total. The summed E-state index contributed by atoms with van der Waals surface area (Å²) in [6.07, 6.45) is -8.82. The van der Waals surface area contributed by atoms with Gasteiger partial charge in [0.05, 0.1) is 16.7 Å². The second-order valence-corrected chi connectivity index (χ2v) is 7.86. The van der Waals surface area contributed by atoms with Crippen molar-refractivity contribution < 1.29 is 35.9 Å². The molecule has 0 aliphatic carbocycles. The molecule has 0 saturated carbocycles. The molecule has 4 nitrogen and oxygen atoms in total. The van der Waals surface area contributed by atoms with Gasteiger partial charge in [-0.3, -0.25) is 9.59 Å². The zero-order chi connectivity index (χ0) is 22.6. The molecule has 1 spiro atoms. The number of benzene rings is 2. The molecule has 164 valence electrons. The van der Waals surface area contributed by atoms with Crippen LogP contribution in [0.15, 0.2) is 42.5 Å². The lowest BCUT2D eigenvalue weighted by Gasteiger charge is -2.47. The van der Waals surface area contributed by atoms with Crippen LogP contribution in [0.5, 0.6) is 0 Å². The lowest BCUT2D eigenvalue weighted by molar-refractivity contribution is -0.143. The van der Waals surface area contributed by atoms with Crippen molar-refractivity contribution in [2.75, 3.05) is 13.1 Å². The van der Waals surface area contributed by atoms with E-state index in [4.69, 9.17) is 0 Å². The minimum Gasteiger partial charge on any atom is -0.347 e. The molecule has 0 aromatic heterocycles. The van der Waals surface area contributed by atoms with Gasteiger partial charge >= 0.3 is 12.4 Å². The first-order valence-corrected chi connectivity index (χ1v) is 9.37. The zero-order valence-electron chi connectivity index (χ0n) is 15.9. The van der Waals surface area contributed by atoms with Gasteiger partial charge in [-0.2, -0.15) is 26.3 Å². The van der Waals surface area contributed by atoms with Gasteiger partial charge in [0, 0.05) is 25.1 Å². The Bertz CT molecular complexity index is 1010. The number of carbonyl (C=O) groups excluding carboxylic acids is 2. The van der Waals surface area contributed by atoms with Crippen LogP contribution in [0.3, 0.4) is 0 Å². The molecule has 2 heterocycles. The maximum atomic E-state index is 13.1. The van der Waals surface area contributed by atoms with E-state index in [1.807, 2.05) is 0 Å². The van der Waals surface area contributed by atoms with Gasteiger partial charge < -0.3 is 10.2 Å². The number of rotatable bonds is 2. The van der Waals surface area contributed by atoms with Crippen LogP contribution in [-0.4, -0.2) is 35.3 Å². The summed E-state index contributed by atoms with van der Waals surface area (Å²) >= 11 is 0. The minimum atomic E-state index is -4.94. The molecule has 0 unspecified atom stereocenters. The van der Waals surface area contributed by atoms with Gasteiger partial charge in [-0.25, -0.2) is 0 Å². The summed E-state index contributed by atoms with van der Waals surface area (Å²) in [7, 11) is 0. The predicted octanol–water partition coefficient (Wildman–Crippen LogP) is 4.50. The largest absolute Gasteiger partial charge is 0.416 e. The van der Waals surface area contributed by atoms with E-state index in [0.717, 1.165) is 0 Å². The summed E-state index contributed by atoms with van der Waals surface area (Å²) in [5.41, 5.74) is -3.07. The van der Waals surface area contributed by atoms with Crippen molar-refractivity contribution in [1.82, 2.24) is 10.2 Å². The molecule has 0 radical (unpaired) electrons. The second-order valence-electron chi connectivity index (χ2n) is 7.86. The van der Waals surface area contributed by atoms with Crippen LogP contribution in [0.4, 0.5) is 26.3 Å². The number of halogens is 6. The van der Waals surface area contributed by atoms with Crippen LogP contribution < -0.4 is 5.32 Å². The number of carbonyl (C=O) groups is 2. The molecule has 2 aromatic rings. The fourth-order valence-corrected chi connectivity index (χ4v) is 3.95. The quantitative estimate of drug-likeness (QED) is 0.697. The van der Waals surface area contributed by atoms with Crippen LogP contribution in [0, 0.1) is 0 Å². The number of likely N-dealkylation sites (tertiary alicyclic amines) is 1. The Labute approximate surface area is 172 Å². The Hall–Kier alpha value is -3.04. The summed E-state index contributed by atoms with van der Waals surface area (Å²) in [6, 6.07) is 6.73. The summed E-state index contributed by atoms with van der Waals surface area (Å²) < 4.78 is 78.4. The number of alkyl halides is 6. The molecule has 2 saturated heterocycles. The van der Waals surface area contributed by atoms with E-state index in [1.54, 1.807) is 0 Å². The van der Waals surface area contributed by atoms with E-state index >= 15 is 0 Å². The molecule has 4 rings (SSSR count). The van der Waals surface area contributed by atoms with Crippen molar-refractivity contribution in [3.63, 3.8) is 0 Å². The highest BCUT2D eigenvalue weighted by Gasteiger charge is 2.49. The van der Waals surface area contributed by atoms with Crippen molar-refractivity contribution in [1.29, 1.82) is 0 Å². The average molecular weight is 442 g/mol. The standard InChI is InChI=1S/C21H16F6N2O2/c22-20(23,24)15-7-14(8-16(9-15)21(25,26)27)12-1-3-13(4-2-12)18(31)29-10-19(11-29)6-5-17(30)28-19/h1-4,7-9H,5-6,10-11H2,(H,28,30). The monoisotopic (exact) mass is 442 g/mol. The molecular formula is C21H16F6N2O2. The predicted molar refractivity (Wildman–Crippen MR) is 97.9 cm³/mol. The van der Waals surface area contributed by atoms with E-state index in [-0.39, 0.29) is 34.6 Å². The Morgan fingerprint density at radius 2 is 1.42 bits per heavy atom. The van der Waals surface area contributed by atoms with Crippen molar-refractivity contribution in [3.05, 3.63) is 59.2 Å². The number of nitrogens with one attached hydrogen (secondary N) is 1. The van der Waals surface area contributed by atoms with Crippen molar-refractivity contribution in [3.8, 4) is 11.1 Å². The molecule has 31 heavy (non-hydrogen) atoms. The smallest absolute Gasteiger partial charge is 0.347 e. The van der Waals surface area contributed by atoms with Gasteiger partial charge in [-0.05, 0) is 47.9 Å². The fourth-order valence-electron chi connectivity index (χ4n) is 3.95. The first-order chi connectivity index (χ1) is 14.4. The summed E-state index contributed by atoms with van der Waals surface area (Å²) in [5.74, 6) is -0.380. The van der Waals surface area contributed by atoms with Gasteiger partial charge in [0.25, 0.3) is 5.91 Å². The minimum absolute atomic E-state index is 0.0595. The van der Waals surface area contributed by atoms with E-state index in [2.05, 4.69) is 5.32 Å². The number of hydrogen-bond donors (Lipinski definition) is 1. The molecule has 2 fully saturated rings. The van der Waals surface area contributed by atoms with Gasteiger partial charge in [0.2, 0.25) is 5.91 Å². The summed E-state index contributed by atoms with van der Waals surface area (Å²) in [4.78, 5) is 25.5. The van der Waals surface area contributed by atoms with Crippen LogP contribution in [0.1, 0.15) is 34.3 Å². The Morgan fingerprint density at radius 1 is 0.871 bits per heavy atom. The molecule has 2 amide bonds. The van der Waals surface area contributed by atoms with Gasteiger partial charge in [0.1, 0.15) is 0 Å². The van der Waals surface area contributed by atoms with Crippen LogP contribution in [-0.2, 0) is 17.1 Å². The van der Waals surface area contributed by atoms with Crippen molar-refractivity contribution in [2.45, 2.75) is 30.7 Å². The highest BCUT2D eigenvalue weighted by molar-refractivity contribution is 5.96. The maximum absolute atomic E-state index is 13.1. The highest BCUT2D eigenvalue weighted by Crippen LogP contribution is 2.39. The van der Waals surface area contributed by atoms with Crippen LogP contribution in [0.2, 0.25) is 0 Å². The van der Waals surface area contributed by atoms with E-state index < -0.39 is 29.0 Å². The lowest BCUT2D eigenvalue weighted by atomic mass is 9.87. The van der Waals surface area contributed by atoms with Crippen molar-refractivity contribution in [2.24, 2.45) is 0 Å². The first-order valence-electron chi connectivity index (χ1n) is 9.37. The molecule has 2 aliphatic rings. The second kappa shape index (κ2) is 7.00. The molecular weight excluding hydrogens is 426 g/mol.